The number of amides is 2. The SMILES string of the molecule is CCNc1nc(NCC)n2c(SCC(=O)NNC(=O)c3ccccc3F)nnc2n1. The second-order valence-corrected chi connectivity index (χ2v) is 6.76. The van der Waals surface area contributed by atoms with Crippen molar-refractivity contribution < 1.29 is 14.0 Å². The Morgan fingerprint density at radius 2 is 1.83 bits per heavy atom. The minimum absolute atomic E-state index is 0.0706. The topological polar surface area (TPSA) is 138 Å². The zero-order chi connectivity index (χ0) is 21.5. The van der Waals surface area contributed by atoms with Gasteiger partial charge in [0.25, 0.3) is 11.7 Å². The van der Waals surface area contributed by atoms with Gasteiger partial charge in [0.2, 0.25) is 17.8 Å². The molecule has 0 bridgehead atoms. The summed E-state index contributed by atoms with van der Waals surface area (Å²) in [7, 11) is 0. The number of fused-ring (bicyclic) bond motifs is 1. The second kappa shape index (κ2) is 9.82. The lowest BCUT2D eigenvalue weighted by molar-refractivity contribution is -0.119. The van der Waals surface area contributed by atoms with Crippen LogP contribution in [0, 0.1) is 5.82 Å². The van der Waals surface area contributed by atoms with Crippen LogP contribution in [0.2, 0.25) is 0 Å². The molecule has 3 rings (SSSR count). The Morgan fingerprint density at radius 3 is 2.57 bits per heavy atom. The van der Waals surface area contributed by atoms with Gasteiger partial charge in [-0.2, -0.15) is 9.97 Å². The standard InChI is InChI=1S/C17H20FN9O2S/c1-3-19-14-21-15(20-4-2)27-16(22-14)25-26-17(27)30-9-12(28)23-24-13(29)10-7-5-6-8-11(10)18/h5-8H,3-4,9H2,1-2H3,(H,23,28)(H,24,29)(H2,19,20,21,22,25). The third-order valence-corrected chi connectivity index (χ3v) is 4.61. The van der Waals surface area contributed by atoms with Gasteiger partial charge in [0, 0.05) is 13.1 Å². The van der Waals surface area contributed by atoms with Gasteiger partial charge in [0.05, 0.1) is 11.3 Å². The maximum atomic E-state index is 13.6. The molecular weight excluding hydrogens is 413 g/mol. The predicted molar refractivity (Wildman–Crippen MR) is 110 cm³/mol. The molecule has 2 heterocycles. The highest BCUT2D eigenvalue weighted by atomic mass is 32.2. The monoisotopic (exact) mass is 433 g/mol. The molecule has 2 aromatic heterocycles. The van der Waals surface area contributed by atoms with E-state index in [1.54, 1.807) is 4.40 Å². The summed E-state index contributed by atoms with van der Waals surface area (Å²) in [6, 6.07) is 5.47. The number of nitrogens with one attached hydrogen (secondary N) is 4. The van der Waals surface area contributed by atoms with E-state index in [4.69, 9.17) is 0 Å². The average molecular weight is 433 g/mol. The third-order valence-electron chi connectivity index (χ3n) is 3.68. The van der Waals surface area contributed by atoms with Gasteiger partial charge in [-0.3, -0.25) is 20.4 Å². The largest absolute Gasteiger partial charge is 0.355 e. The fraction of sp³-hybridized carbons (Fsp3) is 0.294. The summed E-state index contributed by atoms with van der Waals surface area (Å²) < 4.78 is 15.2. The molecule has 0 atom stereocenters. The van der Waals surface area contributed by atoms with E-state index in [1.807, 2.05) is 13.8 Å². The van der Waals surface area contributed by atoms with Crippen LogP contribution in [0.25, 0.3) is 5.78 Å². The number of hydrogen-bond donors (Lipinski definition) is 4. The van der Waals surface area contributed by atoms with Crippen molar-refractivity contribution in [3.05, 3.63) is 35.6 Å². The van der Waals surface area contributed by atoms with Gasteiger partial charge in [0.1, 0.15) is 5.82 Å². The number of carbonyl (C=O) groups excluding carboxylic acids is 2. The quantitative estimate of drug-likeness (QED) is 0.303. The molecule has 0 aliphatic heterocycles. The van der Waals surface area contributed by atoms with Crippen molar-refractivity contribution in [1.82, 2.24) is 35.4 Å². The van der Waals surface area contributed by atoms with Crippen LogP contribution in [0.15, 0.2) is 29.4 Å². The van der Waals surface area contributed by atoms with E-state index >= 15 is 0 Å². The lowest BCUT2D eigenvalue weighted by Gasteiger charge is -2.10. The van der Waals surface area contributed by atoms with Crippen molar-refractivity contribution in [1.29, 1.82) is 0 Å². The van der Waals surface area contributed by atoms with Crippen LogP contribution in [-0.4, -0.2) is 55.2 Å². The van der Waals surface area contributed by atoms with Gasteiger partial charge >= 0.3 is 0 Å². The molecule has 1 aromatic carbocycles. The van der Waals surface area contributed by atoms with Crippen LogP contribution >= 0.6 is 11.8 Å². The lowest BCUT2D eigenvalue weighted by atomic mass is 10.2. The third kappa shape index (κ3) is 4.92. The van der Waals surface area contributed by atoms with Gasteiger partial charge in [-0.05, 0) is 26.0 Å². The first kappa shape index (κ1) is 21.2. The van der Waals surface area contributed by atoms with E-state index in [9.17, 15) is 14.0 Å². The normalized spacial score (nSPS) is 10.6. The summed E-state index contributed by atoms with van der Waals surface area (Å²) >= 11 is 1.09. The van der Waals surface area contributed by atoms with Crippen molar-refractivity contribution in [2.45, 2.75) is 19.0 Å². The molecular formula is C17H20FN9O2S. The smallest absolute Gasteiger partial charge is 0.272 e. The molecule has 0 aliphatic rings. The van der Waals surface area contributed by atoms with Gasteiger partial charge in [-0.1, -0.05) is 23.9 Å². The number of anilines is 2. The fourth-order valence-electron chi connectivity index (χ4n) is 2.40. The van der Waals surface area contributed by atoms with Crippen molar-refractivity contribution in [3.8, 4) is 0 Å². The van der Waals surface area contributed by atoms with E-state index in [0.717, 1.165) is 17.8 Å². The van der Waals surface area contributed by atoms with Crippen molar-refractivity contribution in [3.63, 3.8) is 0 Å². The first-order chi connectivity index (χ1) is 14.5. The van der Waals surface area contributed by atoms with Crippen LogP contribution in [-0.2, 0) is 4.79 Å². The number of hydrogen-bond acceptors (Lipinski definition) is 9. The summed E-state index contributed by atoms with van der Waals surface area (Å²) in [5.41, 5.74) is 4.26. The maximum Gasteiger partial charge on any atom is 0.272 e. The van der Waals surface area contributed by atoms with Crippen LogP contribution in [0.1, 0.15) is 24.2 Å². The van der Waals surface area contributed by atoms with Gasteiger partial charge in [-0.15, -0.1) is 10.2 Å². The van der Waals surface area contributed by atoms with E-state index in [1.165, 1.54) is 18.2 Å². The van der Waals surface area contributed by atoms with Crippen LogP contribution in [0.5, 0.6) is 0 Å². The van der Waals surface area contributed by atoms with Crippen molar-refractivity contribution in [2.24, 2.45) is 0 Å². The molecule has 4 N–H and O–H groups in total. The molecule has 0 unspecified atom stereocenters. The predicted octanol–water partition coefficient (Wildman–Crippen LogP) is 1.08. The Bertz CT molecular complexity index is 1060. The number of aromatic nitrogens is 5. The summed E-state index contributed by atoms with van der Waals surface area (Å²) in [4.78, 5) is 32.7. The number of halogens is 1. The second-order valence-electron chi connectivity index (χ2n) is 5.82. The van der Waals surface area contributed by atoms with Crippen LogP contribution in [0.3, 0.4) is 0 Å². The number of nitrogens with zero attached hydrogens (tertiary/aromatic N) is 5. The first-order valence-electron chi connectivity index (χ1n) is 9.10. The highest BCUT2D eigenvalue weighted by Gasteiger charge is 2.16. The Labute approximate surface area is 175 Å². The Morgan fingerprint density at radius 1 is 1.07 bits per heavy atom. The molecule has 0 saturated carbocycles. The van der Waals surface area contributed by atoms with Crippen LogP contribution in [0.4, 0.5) is 16.3 Å². The minimum atomic E-state index is -0.752. The number of hydrazine groups is 1. The summed E-state index contributed by atoms with van der Waals surface area (Å²) in [6.07, 6.45) is 0. The van der Waals surface area contributed by atoms with Gasteiger partial charge in [0.15, 0.2) is 5.16 Å². The number of benzene rings is 1. The van der Waals surface area contributed by atoms with E-state index in [0.29, 0.717) is 35.9 Å². The Hall–Kier alpha value is -3.48. The minimum Gasteiger partial charge on any atom is -0.355 e. The van der Waals surface area contributed by atoms with E-state index in [2.05, 4.69) is 41.7 Å². The molecule has 2 amide bonds. The van der Waals surface area contributed by atoms with E-state index < -0.39 is 17.6 Å². The highest BCUT2D eigenvalue weighted by Crippen LogP contribution is 2.20. The molecule has 158 valence electrons. The average Bonchev–Trinajstić information content (AvgIpc) is 3.14. The molecule has 3 aromatic rings. The van der Waals surface area contributed by atoms with Gasteiger partial charge < -0.3 is 10.6 Å². The lowest BCUT2D eigenvalue weighted by Crippen LogP contribution is -2.42. The van der Waals surface area contributed by atoms with Crippen molar-refractivity contribution >= 4 is 41.3 Å². The molecule has 0 fully saturated rings. The fourth-order valence-corrected chi connectivity index (χ4v) is 3.13. The van der Waals surface area contributed by atoms with Gasteiger partial charge in [-0.25, -0.2) is 8.79 Å². The number of thioether (sulfide) groups is 1. The Balaban J connectivity index is 1.64. The summed E-state index contributed by atoms with van der Waals surface area (Å²) in [5.74, 6) is -0.777. The molecule has 0 aliphatic carbocycles. The molecule has 0 spiro atoms. The van der Waals surface area contributed by atoms with Crippen molar-refractivity contribution in [2.75, 3.05) is 29.5 Å². The molecule has 0 saturated heterocycles. The number of carbonyl (C=O) groups is 2. The highest BCUT2D eigenvalue weighted by molar-refractivity contribution is 7.99. The zero-order valence-corrected chi connectivity index (χ0v) is 17.1. The molecule has 11 nitrogen and oxygen atoms in total. The summed E-state index contributed by atoms with van der Waals surface area (Å²) in [6.45, 7) is 5.11. The molecule has 30 heavy (non-hydrogen) atoms. The molecule has 13 heteroatoms. The van der Waals surface area contributed by atoms with E-state index in [-0.39, 0.29) is 11.3 Å². The number of rotatable bonds is 8. The Kier molecular flexibility index (Phi) is 6.95. The summed E-state index contributed by atoms with van der Waals surface area (Å²) in [5, 5.41) is 14.6. The first-order valence-corrected chi connectivity index (χ1v) is 10.1. The molecule has 0 radical (unpaired) electrons. The maximum absolute atomic E-state index is 13.6. The zero-order valence-electron chi connectivity index (χ0n) is 16.3. The van der Waals surface area contributed by atoms with Crippen LogP contribution < -0.4 is 21.5 Å².